The molecule has 2 aromatic rings. The first-order valence-corrected chi connectivity index (χ1v) is 8.50. The molecular weight excluding hydrogens is 314 g/mol. The fourth-order valence-corrected chi connectivity index (χ4v) is 2.55. The van der Waals surface area contributed by atoms with Crippen LogP contribution >= 0.6 is 0 Å². The molecule has 0 radical (unpaired) electrons. The highest BCUT2D eigenvalue weighted by Gasteiger charge is 2.23. The Morgan fingerprint density at radius 3 is 1.84 bits per heavy atom. The minimum Gasteiger partial charge on any atom is -0.338 e. The third-order valence-electron chi connectivity index (χ3n) is 3.96. The Morgan fingerprint density at radius 2 is 1.40 bits per heavy atom. The number of amides is 3. The van der Waals surface area contributed by atoms with Gasteiger partial charge in [-0.05, 0) is 25.0 Å². The van der Waals surface area contributed by atoms with Crippen LogP contribution in [0, 0.1) is 0 Å². The maximum atomic E-state index is 12.4. The zero-order valence-corrected chi connectivity index (χ0v) is 14.7. The number of rotatable bonds is 7. The van der Waals surface area contributed by atoms with Gasteiger partial charge in [-0.3, -0.25) is 15.0 Å². The molecule has 2 N–H and O–H groups in total. The van der Waals surface area contributed by atoms with E-state index in [1.165, 1.54) is 0 Å². The second-order valence-corrected chi connectivity index (χ2v) is 5.90. The van der Waals surface area contributed by atoms with E-state index in [2.05, 4.69) is 15.5 Å². The Labute approximate surface area is 149 Å². The fourth-order valence-electron chi connectivity index (χ4n) is 2.55. The predicted octanol–water partition coefficient (Wildman–Crippen LogP) is 2.92. The summed E-state index contributed by atoms with van der Waals surface area (Å²) in [5.41, 5.74) is 2.24. The normalized spacial score (nSPS) is 11.8. The number of carbonyl (C=O) groups excluding carboxylic acids is 2. The molecule has 2 aromatic carbocycles. The van der Waals surface area contributed by atoms with Gasteiger partial charge in [-0.1, -0.05) is 60.7 Å². The molecule has 3 amide bonds. The summed E-state index contributed by atoms with van der Waals surface area (Å²) in [7, 11) is 0. The summed E-state index contributed by atoms with van der Waals surface area (Å²) in [6.07, 6.45) is 0. The van der Waals surface area contributed by atoms with Crippen LogP contribution < -0.4 is 10.6 Å². The second kappa shape index (κ2) is 9.59. The Balaban J connectivity index is 2.12. The van der Waals surface area contributed by atoms with E-state index in [0.29, 0.717) is 19.6 Å². The van der Waals surface area contributed by atoms with Crippen molar-refractivity contribution in [1.82, 2.24) is 15.5 Å². The first-order chi connectivity index (χ1) is 12.1. The highest BCUT2D eigenvalue weighted by atomic mass is 16.2. The largest absolute Gasteiger partial charge is 0.338 e. The Bertz CT molecular complexity index is 632. The molecule has 5 heteroatoms. The maximum absolute atomic E-state index is 12.4. The molecule has 5 nitrogen and oxygen atoms in total. The number of nitrogens with one attached hydrogen (secondary N) is 2. The number of carbonyl (C=O) groups is 2. The van der Waals surface area contributed by atoms with Crippen LogP contribution in [-0.4, -0.2) is 29.4 Å². The molecular formula is C20H25N3O2. The molecule has 25 heavy (non-hydrogen) atoms. The lowest BCUT2D eigenvalue weighted by molar-refractivity contribution is -0.125. The van der Waals surface area contributed by atoms with Gasteiger partial charge in [0.05, 0.1) is 6.04 Å². The summed E-state index contributed by atoms with van der Waals surface area (Å²) >= 11 is 0. The summed E-state index contributed by atoms with van der Waals surface area (Å²) in [5, 5.41) is 4.98. The molecule has 0 heterocycles. The molecule has 0 aliphatic heterocycles. The minimum absolute atomic E-state index is 0.308. The second-order valence-electron chi connectivity index (χ2n) is 5.90. The molecule has 0 aromatic heterocycles. The summed E-state index contributed by atoms with van der Waals surface area (Å²) in [5.74, 6) is -0.308. The summed E-state index contributed by atoms with van der Waals surface area (Å²) in [6.45, 7) is 5.36. The highest BCUT2D eigenvalue weighted by Crippen LogP contribution is 2.13. The zero-order valence-electron chi connectivity index (χ0n) is 14.7. The van der Waals surface area contributed by atoms with E-state index in [1.54, 1.807) is 0 Å². The van der Waals surface area contributed by atoms with Gasteiger partial charge in [0.2, 0.25) is 5.91 Å². The third kappa shape index (κ3) is 6.04. The van der Waals surface area contributed by atoms with Crippen LogP contribution in [-0.2, 0) is 17.9 Å². The predicted molar refractivity (Wildman–Crippen MR) is 98.8 cm³/mol. The SMILES string of the molecule is CCNC(=O)NC(=O)C(C)N(Cc1ccccc1)Cc1ccccc1. The highest BCUT2D eigenvalue weighted by molar-refractivity contribution is 5.96. The quantitative estimate of drug-likeness (QED) is 0.815. The standard InChI is InChI=1S/C20H25N3O2/c1-3-21-20(25)22-19(24)16(2)23(14-17-10-6-4-7-11-17)15-18-12-8-5-9-13-18/h4-13,16H,3,14-15H2,1-2H3,(H2,21,22,24,25). The van der Waals surface area contributed by atoms with Crippen molar-refractivity contribution in [3.8, 4) is 0 Å². The number of urea groups is 1. The minimum atomic E-state index is -0.460. The zero-order chi connectivity index (χ0) is 18.1. The number of hydrogen-bond acceptors (Lipinski definition) is 3. The number of nitrogens with zero attached hydrogens (tertiary/aromatic N) is 1. The molecule has 1 atom stereocenters. The molecule has 1 unspecified atom stereocenters. The Morgan fingerprint density at radius 1 is 0.920 bits per heavy atom. The van der Waals surface area contributed by atoms with Gasteiger partial charge in [0, 0.05) is 19.6 Å². The van der Waals surface area contributed by atoms with Crippen LogP contribution in [0.2, 0.25) is 0 Å². The first kappa shape index (κ1) is 18.7. The van der Waals surface area contributed by atoms with Gasteiger partial charge in [-0.15, -0.1) is 0 Å². The van der Waals surface area contributed by atoms with Crippen LogP contribution in [0.15, 0.2) is 60.7 Å². The van der Waals surface area contributed by atoms with Crippen molar-refractivity contribution in [1.29, 1.82) is 0 Å². The maximum Gasteiger partial charge on any atom is 0.321 e. The van der Waals surface area contributed by atoms with Crippen molar-refractivity contribution < 1.29 is 9.59 Å². The van der Waals surface area contributed by atoms with Gasteiger partial charge < -0.3 is 5.32 Å². The van der Waals surface area contributed by atoms with Crippen molar-refractivity contribution in [3.05, 3.63) is 71.8 Å². The third-order valence-corrected chi connectivity index (χ3v) is 3.96. The summed E-state index contributed by atoms with van der Waals surface area (Å²) < 4.78 is 0. The van der Waals surface area contributed by atoms with Crippen LogP contribution in [0.1, 0.15) is 25.0 Å². The van der Waals surface area contributed by atoms with Crippen molar-refractivity contribution in [2.24, 2.45) is 0 Å². The lowest BCUT2D eigenvalue weighted by Gasteiger charge is -2.28. The van der Waals surface area contributed by atoms with Crippen LogP contribution in [0.25, 0.3) is 0 Å². The lowest BCUT2D eigenvalue weighted by Crippen LogP contribution is -2.49. The Kier molecular flexibility index (Phi) is 7.16. The van der Waals surface area contributed by atoms with E-state index in [4.69, 9.17) is 0 Å². The summed E-state index contributed by atoms with van der Waals surface area (Å²) in [4.78, 5) is 26.1. The molecule has 132 valence electrons. The number of imide groups is 1. The van der Waals surface area contributed by atoms with Gasteiger partial charge in [0.1, 0.15) is 0 Å². The molecule has 0 aliphatic carbocycles. The van der Waals surface area contributed by atoms with E-state index in [1.807, 2.05) is 74.5 Å². The molecule has 0 saturated carbocycles. The average Bonchev–Trinajstić information content (AvgIpc) is 2.62. The van der Waals surface area contributed by atoms with E-state index in [-0.39, 0.29) is 5.91 Å². The Hall–Kier alpha value is -2.66. The number of hydrogen-bond donors (Lipinski definition) is 2. The first-order valence-electron chi connectivity index (χ1n) is 8.50. The van der Waals surface area contributed by atoms with Crippen LogP contribution in [0.3, 0.4) is 0 Å². The van der Waals surface area contributed by atoms with Gasteiger partial charge in [0.25, 0.3) is 0 Å². The van der Waals surface area contributed by atoms with E-state index in [0.717, 1.165) is 11.1 Å². The van der Waals surface area contributed by atoms with Crippen molar-refractivity contribution in [2.45, 2.75) is 33.0 Å². The van der Waals surface area contributed by atoms with E-state index < -0.39 is 12.1 Å². The topological polar surface area (TPSA) is 61.4 Å². The van der Waals surface area contributed by atoms with Gasteiger partial charge >= 0.3 is 6.03 Å². The van der Waals surface area contributed by atoms with Crippen molar-refractivity contribution >= 4 is 11.9 Å². The fraction of sp³-hybridized carbons (Fsp3) is 0.300. The lowest BCUT2D eigenvalue weighted by atomic mass is 10.1. The molecule has 2 rings (SSSR count). The van der Waals surface area contributed by atoms with E-state index >= 15 is 0 Å². The summed E-state index contributed by atoms with van der Waals surface area (Å²) in [6, 6.07) is 19.1. The van der Waals surface area contributed by atoms with Gasteiger partial charge in [0.15, 0.2) is 0 Å². The molecule has 0 aliphatic rings. The van der Waals surface area contributed by atoms with Crippen molar-refractivity contribution in [3.63, 3.8) is 0 Å². The average molecular weight is 339 g/mol. The molecule has 0 bridgehead atoms. The number of benzene rings is 2. The van der Waals surface area contributed by atoms with Gasteiger partial charge in [-0.2, -0.15) is 0 Å². The monoisotopic (exact) mass is 339 g/mol. The molecule has 0 saturated heterocycles. The smallest absolute Gasteiger partial charge is 0.321 e. The van der Waals surface area contributed by atoms with Crippen LogP contribution in [0.4, 0.5) is 4.79 Å². The molecule has 0 spiro atoms. The van der Waals surface area contributed by atoms with Gasteiger partial charge in [-0.25, -0.2) is 4.79 Å². The van der Waals surface area contributed by atoms with E-state index in [9.17, 15) is 9.59 Å². The van der Waals surface area contributed by atoms with Crippen molar-refractivity contribution in [2.75, 3.05) is 6.54 Å². The van der Waals surface area contributed by atoms with Crippen LogP contribution in [0.5, 0.6) is 0 Å². The molecule has 0 fully saturated rings.